The summed E-state index contributed by atoms with van der Waals surface area (Å²) >= 11 is 3.17. The zero-order chi connectivity index (χ0) is 16.2. The van der Waals surface area contributed by atoms with Crippen molar-refractivity contribution in [1.82, 2.24) is 0 Å². The lowest BCUT2D eigenvalue weighted by Gasteiger charge is -2.37. The van der Waals surface area contributed by atoms with E-state index in [-0.39, 0.29) is 5.82 Å². The molecule has 2 nitrogen and oxygen atoms in total. The minimum absolute atomic E-state index is 0.272. The summed E-state index contributed by atoms with van der Waals surface area (Å²) in [5.41, 5.74) is 0.760. The van der Waals surface area contributed by atoms with Gasteiger partial charge in [-0.3, -0.25) is 0 Å². The first kappa shape index (κ1) is 17.4. The molecule has 3 rings (SSSR count). The van der Waals surface area contributed by atoms with Crippen LogP contribution in [-0.4, -0.2) is 13.2 Å². The molecule has 0 unspecified atom stereocenters. The average Bonchev–Trinajstić information content (AvgIpc) is 2.59. The van der Waals surface area contributed by atoms with Gasteiger partial charge < -0.3 is 9.47 Å². The van der Waals surface area contributed by atoms with E-state index >= 15 is 0 Å². The molecule has 0 amide bonds. The van der Waals surface area contributed by atoms with Crippen molar-refractivity contribution < 1.29 is 13.9 Å². The fourth-order valence-electron chi connectivity index (χ4n) is 4.00. The van der Waals surface area contributed by atoms with Crippen LogP contribution in [0, 0.1) is 23.6 Å². The Hall–Kier alpha value is -0.450. The Kier molecular flexibility index (Phi) is 6.11. The molecule has 23 heavy (non-hydrogen) atoms. The summed E-state index contributed by atoms with van der Waals surface area (Å²) in [5.74, 6) is 1.88. The van der Waals surface area contributed by atoms with Crippen molar-refractivity contribution in [2.75, 3.05) is 13.2 Å². The average molecular weight is 385 g/mol. The Morgan fingerprint density at radius 2 is 1.78 bits per heavy atom. The summed E-state index contributed by atoms with van der Waals surface area (Å²) in [4.78, 5) is 0. The van der Waals surface area contributed by atoms with Crippen molar-refractivity contribution in [2.24, 2.45) is 17.8 Å². The first-order valence-corrected chi connectivity index (χ1v) is 9.64. The monoisotopic (exact) mass is 384 g/mol. The van der Waals surface area contributed by atoms with Crippen LogP contribution >= 0.6 is 15.9 Å². The number of hydrogen-bond donors (Lipinski definition) is 0. The maximum Gasteiger partial charge on any atom is 0.183 e. The molecule has 1 heterocycles. The van der Waals surface area contributed by atoms with Crippen LogP contribution in [0.15, 0.2) is 22.7 Å². The van der Waals surface area contributed by atoms with Crippen LogP contribution in [0.5, 0.6) is 0 Å². The molecule has 1 aromatic carbocycles. The minimum atomic E-state index is -0.426. The number of halogens is 2. The van der Waals surface area contributed by atoms with Gasteiger partial charge in [-0.25, -0.2) is 4.39 Å². The van der Waals surface area contributed by atoms with E-state index in [1.54, 1.807) is 6.07 Å². The van der Waals surface area contributed by atoms with Gasteiger partial charge in [-0.2, -0.15) is 0 Å². The third-order valence-corrected chi connectivity index (χ3v) is 6.04. The Morgan fingerprint density at radius 3 is 2.39 bits per heavy atom. The lowest BCUT2D eigenvalue weighted by molar-refractivity contribution is -0.214. The number of benzene rings is 1. The second-order valence-corrected chi connectivity index (χ2v) is 7.86. The van der Waals surface area contributed by atoms with E-state index in [0.29, 0.717) is 10.4 Å². The predicted molar refractivity (Wildman–Crippen MR) is 92.6 cm³/mol. The molecule has 1 aliphatic carbocycles. The second-order valence-electron chi connectivity index (χ2n) is 7.00. The molecular weight excluding hydrogens is 359 g/mol. The summed E-state index contributed by atoms with van der Waals surface area (Å²) in [5, 5.41) is 0. The van der Waals surface area contributed by atoms with Crippen molar-refractivity contribution in [2.45, 2.75) is 51.7 Å². The van der Waals surface area contributed by atoms with Crippen LogP contribution in [0.25, 0.3) is 0 Å². The Labute approximate surface area is 146 Å². The quantitative estimate of drug-likeness (QED) is 0.647. The molecule has 4 heteroatoms. The van der Waals surface area contributed by atoms with Gasteiger partial charge in [-0.05, 0) is 52.7 Å². The summed E-state index contributed by atoms with van der Waals surface area (Å²) < 4.78 is 25.9. The van der Waals surface area contributed by atoms with Gasteiger partial charge in [-0.15, -0.1) is 0 Å². The highest BCUT2D eigenvalue weighted by Crippen LogP contribution is 2.38. The molecule has 2 aliphatic rings. The van der Waals surface area contributed by atoms with Crippen LogP contribution in [-0.2, 0) is 9.47 Å². The zero-order valence-corrected chi connectivity index (χ0v) is 15.4. The van der Waals surface area contributed by atoms with Gasteiger partial charge in [-0.1, -0.05) is 38.7 Å². The molecule has 128 valence electrons. The fourth-order valence-corrected chi connectivity index (χ4v) is 4.25. The van der Waals surface area contributed by atoms with Crippen LogP contribution in [0.3, 0.4) is 0 Å². The third-order valence-electron chi connectivity index (χ3n) is 5.39. The Bertz CT molecular complexity index is 506. The highest BCUT2D eigenvalue weighted by Gasteiger charge is 2.32. The molecule has 1 aromatic rings. The van der Waals surface area contributed by atoms with E-state index in [1.165, 1.54) is 44.6 Å². The van der Waals surface area contributed by atoms with Crippen molar-refractivity contribution in [1.29, 1.82) is 0 Å². The van der Waals surface area contributed by atoms with Gasteiger partial charge >= 0.3 is 0 Å². The maximum atomic E-state index is 13.6. The minimum Gasteiger partial charge on any atom is -0.348 e. The van der Waals surface area contributed by atoms with E-state index in [0.717, 1.165) is 30.6 Å². The number of rotatable bonds is 4. The molecular formula is C19H26BrFO2. The third kappa shape index (κ3) is 4.34. The van der Waals surface area contributed by atoms with Gasteiger partial charge in [0.15, 0.2) is 6.29 Å². The predicted octanol–water partition coefficient (Wildman–Crippen LogP) is 5.86. The van der Waals surface area contributed by atoms with Gasteiger partial charge in [0.05, 0.1) is 17.7 Å². The van der Waals surface area contributed by atoms with Gasteiger partial charge in [0, 0.05) is 11.5 Å². The first-order valence-electron chi connectivity index (χ1n) is 8.85. The largest absolute Gasteiger partial charge is 0.348 e. The highest BCUT2D eigenvalue weighted by molar-refractivity contribution is 9.10. The van der Waals surface area contributed by atoms with E-state index in [1.807, 2.05) is 6.07 Å². The van der Waals surface area contributed by atoms with E-state index in [2.05, 4.69) is 22.9 Å². The van der Waals surface area contributed by atoms with Crippen molar-refractivity contribution in [3.8, 4) is 0 Å². The van der Waals surface area contributed by atoms with Crippen LogP contribution in [0.2, 0.25) is 0 Å². The normalized spacial score (nSPS) is 32.0. The first-order chi connectivity index (χ1) is 11.2. The van der Waals surface area contributed by atoms with E-state index < -0.39 is 6.29 Å². The maximum absolute atomic E-state index is 13.6. The van der Waals surface area contributed by atoms with Crippen LogP contribution in [0.4, 0.5) is 4.39 Å². The second kappa shape index (κ2) is 8.09. The fraction of sp³-hybridized carbons (Fsp3) is 0.684. The van der Waals surface area contributed by atoms with Crippen LogP contribution in [0.1, 0.15) is 57.3 Å². The summed E-state index contributed by atoms with van der Waals surface area (Å²) in [6.45, 7) is 3.73. The zero-order valence-electron chi connectivity index (χ0n) is 13.8. The van der Waals surface area contributed by atoms with E-state index in [9.17, 15) is 4.39 Å². The highest BCUT2D eigenvalue weighted by atomic mass is 79.9. The standard InChI is InChI=1S/C19H26BrFO2/c1-2-3-13-4-6-14(7-5-13)16-11-22-19(23-12-16)15-8-9-17(20)18(21)10-15/h8-10,13-14,16,19H,2-7,11-12H2,1H3/t13?,14?,16-,19-. The van der Waals surface area contributed by atoms with Gasteiger partial charge in [0.1, 0.15) is 5.82 Å². The lowest BCUT2D eigenvalue weighted by atomic mass is 9.75. The number of ether oxygens (including phenoxy) is 2. The molecule has 0 bridgehead atoms. The Balaban J connectivity index is 1.50. The molecule has 2 fully saturated rings. The SMILES string of the molecule is CCCC1CCC([C@H]2CO[C@H](c3ccc(Br)c(F)c3)OC2)CC1. The molecule has 1 saturated heterocycles. The van der Waals surface area contributed by atoms with E-state index in [4.69, 9.17) is 9.47 Å². The molecule has 1 aliphatic heterocycles. The Morgan fingerprint density at radius 1 is 1.09 bits per heavy atom. The molecule has 0 radical (unpaired) electrons. The van der Waals surface area contributed by atoms with Crippen LogP contribution < -0.4 is 0 Å². The van der Waals surface area contributed by atoms with Gasteiger partial charge in [0.25, 0.3) is 0 Å². The van der Waals surface area contributed by atoms with Crippen molar-refractivity contribution in [3.63, 3.8) is 0 Å². The van der Waals surface area contributed by atoms with Gasteiger partial charge in [0.2, 0.25) is 0 Å². The lowest BCUT2D eigenvalue weighted by Crippen LogP contribution is -2.34. The topological polar surface area (TPSA) is 18.5 Å². The summed E-state index contributed by atoms with van der Waals surface area (Å²) in [7, 11) is 0. The molecule has 0 spiro atoms. The molecule has 1 saturated carbocycles. The molecule has 0 aromatic heterocycles. The molecule has 0 N–H and O–H groups in total. The number of hydrogen-bond acceptors (Lipinski definition) is 2. The summed E-state index contributed by atoms with van der Waals surface area (Å²) in [6.07, 6.45) is 7.58. The molecule has 0 atom stereocenters. The van der Waals surface area contributed by atoms with Crippen molar-refractivity contribution in [3.05, 3.63) is 34.1 Å². The van der Waals surface area contributed by atoms with Crippen molar-refractivity contribution >= 4 is 15.9 Å². The smallest absolute Gasteiger partial charge is 0.183 e. The summed E-state index contributed by atoms with van der Waals surface area (Å²) in [6, 6.07) is 5.05.